The summed E-state index contributed by atoms with van der Waals surface area (Å²) in [6.45, 7) is 4.45. The molecular formula is C19H23ClN2O3S2. The third kappa shape index (κ3) is 4.71. The number of benzene rings is 1. The molecule has 0 bridgehead atoms. The summed E-state index contributed by atoms with van der Waals surface area (Å²) in [4.78, 5) is 13.7. The van der Waals surface area contributed by atoms with Crippen LogP contribution in [0.5, 0.6) is 0 Å². The van der Waals surface area contributed by atoms with Crippen molar-refractivity contribution in [3.05, 3.63) is 51.9 Å². The molecule has 8 heteroatoms. The predicted octanol–water partition coefficient (Wildman–Crippen LogP) is 3.99. The fourth-order valence-electron chi connectivity index (χ4n) is 3.24. The number of amides is 1. The fourth-order valence-corrected chi connectivity index (χ4v) is 6.40. The molecule has 2 unspecified atom stereocenters. The minimum absolute atomic E-state index is 0.121. The summed E-state index contributed by atoms with van der Waals surface area (Å²) in [5.41, 5.74) is 0.921. The smallest absolute Gasteiger partial charge is 0.252 e. The lowest BCUT2D eigenvalue weighted by atomic mass is 9.98. The van der Waals surface area contributed by atoms with E-state index in [4.69, 9.17) is 11.6 Å². The normalized spacial score (nSPS) is 19.6. The van der Waals surface area contributed by atoms with E-state index in [9.17, 15) is 13.2 Å². The molecule has 1 aliphatic heterocycles. The molecule has 2 atom stereocenters. The van der Waals surface area contributed by atoms with Crippen LogP contribution in [0, 0.1) is 12.8 Å². The van der Waals surface area contributed by atoms with Crippen molar-refractivity contribution < 1.29 is 13.2 Å². The van der Waals surface area contributed by atoms with E-state index in [0.29, 0.717) is 28.6 Å². The maximum absolute atomic E-state index is 12.8. The number of sulfonamides is 1. The van der Waals surface area contributed by atoms with Gasteiger partial charge in [0.25, 0.3) is 10.0 Å². The molecule has 146 valence electrons. The number of carbonyl (C=O) groups is 1. The molecule has 2 heterocycles. The van der Waals surface area contributed by atoms with E-state index in [0.717, 1.165) is 10.4 Å². The van der Waals surface area contributed by atoms with Crippen molar-refractivity contribution in [3.63, 3.8) is 0 Å². The molecule has 1 amide bonds. The molecular weight excluding hydrogens is 404 g/mol. The Morgan fingerprint density at radius 2 is 2.11 bits per heavy atom. The highest BCUT2D eigenvalue weighted by molar-refractivity contribution is 7.91. The number of carbonyl (C=O) groups excluding carboxylic acids is 1. The molecule has 1 aromatic carbocycles. The maximum Gasteiger partial charge on any atom is 0.252 e. The first-order valence-corrected chi connectivity index (χ1v) is 11.5. The Kier molecular flexibility index (Phi) is 6.25. The Bertz CT molecular complexity index is 927. The van der Waals surface area contributed by atoms with Crippen LogP contribution in [0.1, 0.15) is 36.2 Å². The molecule has 2 aromatic rings. The highest BCUT2D eigenvalue weighted by Crippen LogP contribution is 2.28. The highest BCUT2D eigenvalue weighted by Gasteiger charge is 2.34. The Balaban J connectivity index is 1.67. The van der Waals surface area contributed by atoms with Crippen LogP contribution in [0.2, 0.25) is 5.02 Å². The van der Waals surface area contributed by atoms with Crippen molar-refractivity contribution in [1.29, 1.82) is 0 Å². The number of piperidine rings is 1. The SMILES string of the molecule is Cc1ccc(S(=O)(=O)N2CCCC(C(=O)NC(C)c3cccc(Cl)c3)C2)s1. The first-order chi connectivity index (χ1) is 12.8. The average molecular weight is 427 g/mol. The summed E-state index contributed by atoms with van der Waals surface area (Å²) >= 11 is 7.28. The van der Waals surface area contributed by atoms with Crippen molar-refractivity contribution in [3.8, 4) is 0 Å². The first kappa shape index (κ1) is 20.3. The Morgan fingerprint density at radius 1 is 1.33 bits per heavy atom. The van der Waals surface area contributed by atoms with Crippen LogP contribution >= 0.6 is 22.9 Å². The Hall–Kier alpha value is -1.41. The van der Waals surface area contributed by atoms with Crippen molar-refractivity contribution >= 4 is 38.9 Å². The minimum Gasteiger partial charge on any atom is -0.349 e. The van der Waals surface area contributed by atoms with E-state index in [1.54, 1.807) is 18.2 Å². The van der Waals surface area contributed by atoms with E-state index >= 15 is 0 Å². The summed E-state index contributed by atoms with van der Waals surface area (Å²) in [5, 5.41) is 3.61. The Labute approximate surface area is 169 Å². The van der Waals surface area contributed by atoms with Crippen LogP contribution in [0.15, 0.2) is 40.6 Å². The number of nitrogens with one attached hydrogen (secondary N) is 1. The molecule has 0 spiro atoms. The lowest BCUT2D eigenvalue weighted by Gasteiger charge is -2.31. The first-order valence-electron chi connectivity index (χ1n) is 8.90. The molecule has 0 radical (unpaired) electrons. The largest absolute Gasteiger partial charge is 0.349 e. The van der Waals surface area contributed by atoms with E-state index in [-0.39, 0.29) is 24.4 Å². The lowest BCUT2D eigenvalue weighted by molar-refractivity contribution is -0.126. The van der Waals surface area contributed by atoms with Gasteiger partial charge in [-0.25, -0.2) is 8.42 Å². The topological polar surface area (TPSA) is 66.5 Å². The van der Waals surface area contributed by atoms with Gasteiger partial charge in [0.2, 0.25) is 5.91 Å². The van der Waals surface area contributed by atoms with Gasteiger partial charge in [-0.1, -0.05) is 23.7 Å². The molecule has 0 aliphatic carbocycles. The number of aryl methyl sites for hydroxylation is 1. The van der Waals surface area contributed by atoms with E-state index < -0.39 is 10.0 Å². The zero-order valence-electron chi connectivity index (χ0n) is 15.3. The van der Waals surface area contributed by atoms with Crippen LogP contribution in [-0.2, 0) is 14.8 Å². The van der Waals surface area contributed by atoms with Gasteiger partial charge in [-0.05, 0) is 56.5 Å². The number of halogens is 1. The van der Waals surface area contributed by atoms with E-state index in [2.05, 4.69) is 5.32 Å². The summed E-state index contributed by atoms with van der Waals surface area (Å²) in [6.07, 6.45) is 1.36. The van der Waals surface area contributed by atoms with Crippen molar-refractivity contribution in [2.24, 2.45) is 5.92 Å². The number of thiophene rings is 1. The summed E-state index contributed by atoms with van der Waals surface area (Å²) < 4.78 is 27.5. The fraction of sp³-hybridized carbons (Fsp3) is 0.421. The van der Waals surface area contributed by atoms with Gasteiger partial charge in [0.05, 0.1) is 12.0 Å². The second kappa shape index (κ2) is 8.31. The number of hydrogen-bond donors (Lipinski definition) is 1. The second-order valence-electron chi connectivity index (χ2n) is 6.85. The Morgan fingerprint density at radius 3 is 2.78 bits per heavy atom. The number of nitrogens with zero attached hydrogens (tertiary/aromatic N) is 1. The van der Waals surface area contributed by atoms with Crippen LogP contribution in [-0.4, -0.2) is 31.7 Å². The number of rotatable bonds is 5. The molecule has 27 heavy (non-hydrogen) atoms. The molecule has 1 saturated heterocycles. The third-order valence-corrected chi connectivity index (χ3v) is 8.34. The van der Waals surface area contributed by atoms with Gasteiger partial charge in [-0.15, -0.1) is 11.3 Å². The number of hydrogen-bond acceptors (Lipinski definition) is 4. The molecule has 1 aromatic heterocycles. The second-order valence-corrected chi connectivity index (χ2v) is 10.7. The zero-order valence-corrected chi connectivity index (χ0v) is 17.7. The molecule has 1 fully saturated rings. The van der Waals surface area contributed by atoms with Gasteiger partial charge in [-0.3, -0.25) is 4.79 Å². The van der Waals surface area contributed by atoms with Crippen molar-refractivity contribution in [2.45, 2.75) is 36.9 Å². The van der Waals surface area contributed by atoms with Crippen molar-refractivity contribution in [1.82, 2.24) is 9.62 Å². The van der Waals surface area contributed by atoms with Gasteiger partial charge in [0, 0.05) is 23.0 Å². The summed E-state index contributed by atoms with van der Waals surface area (Å²) in [5.74, 6) is -0.471. The molecule has 1 aliphatic rings. The van der Waals surface area contributed by atoms with E-state index in [1.165, 1.54) is 15.6 Å². The van der Waals surface area contributed by atoms with Crippen LogP contribution < -0.4 is 5.32 Å². The van der Waals surface area contributed by atoms with Gasteiger partial charge >= 0.3 is 0 Å². The van der Waals surface area contributed by atoms with Crippen LogP contribution in [0.4, 0.5) is 0 Å². The van der Waals surface area contributed by atoms with Gasteiger partial charge < -0.3 is 5.32 Å². The van der Waals surface area contributed by atoms with Gasteiger partial charge in [0.15, 0.2) is 0 Å². The highest BCUT2D eigenvalue weighted by atomic mass is 35.5. The summed E-state index contributed by atoms with van der Waals surface area (Å²) in [7, 11) is -3.54. The standard InChI is InChI=1S/C19H23ClN2O3S2/c1-13-8-9-18(26-13)27(24,25)22-10-4-6-16(12-22)19(23)21-14(2)15-5-3-7-17(20)11-15/h3,5,7-9,11,14,16H,4,6,10,12H2,1-2H3,(H,21,23). The maximum atomic E-state index is 12.8. The minimum atomic E-state index is -3.54. The van der Waals surface area contributed by atoms with Crippen LogP contribution in [0.25, 0.3) is 0 Å². The van der Waals surface area contributed by atoms with Gasteiger partial charge in [-0.2, -0.15) is 4.31 Å². The zero-order chi connectivity index (χ0) is 19.6. The van der Waals surface area contributed by atoms with Crippen LogP contribution in [0.3, 0.4) is 0 Å². The molecule has 3 rings (SSSR count). The van der Waals surface area contributed by atoms with E-state index in [1.807, 2.05) is 32.0 Å². The average Bonchev–Trinajstić information content (AvgIpc) is 3.09. The monoisotopic (exact) mass is 426 g/mol. The predicted molar refractivity (Wildman–Crippen MR) is 109 cm³/mol. The molecule has 1 N–H and O–H groups in total. The molecule has 5 nitrogen and oxygen atoms in total. The quantitative estimate of drug-likeness (QED) is 0.786. The lowest BCUT2D eigenvalue weighted by Crippen LogP contribution is -2.45. The molecule has 0 saturated carbocycles. The van der Waals surface area contributed by atoms with Crippen molar-refractivity contribution in [2.75, 3.05) is 13.1 Å². The third-order valence-electron chi connectivity index (χ3n) is 4.77. The van der Waals surface area contributed by atoms with Gasteiger partial charge in [0.1, 0.15) is 4.21 Å². The summed E-state index contributed by atoms with van der Waals surface area (Å²) in [6, 6.07) is 10.6.